The summed E-state index contributed by atoms with van der Waals surface area (Å²) in [5.41, 5.74) is 2.15. The zero-order valence-electron chi connectivity index (χ0n) is 12.1. The second kappa shape index (κ2) is 6.39. The Hall–Kier alpha value is -2.36. The highest BCUT2D eigenvalue weighted by molar-refractivity contribution is 5.56. The quantitative estimate of drug-likeness (QED) is 0.876. The third-order valence-electron chi connectivity index (χ3n) is 3.29. The molecule has 1 aliphatic heterocycles. The Balaban J connectivity index is 1.67. The van der Waals surface area contributed by atoms with Crippen molar-refractivity contribution in [3.63, 3.8) is 0 Å². The van der Waals surface area contributed by atoms with Gasteiger partial charge in [-0.3, -0.25) is 0 Å². The van der Waals surface area contributed by atoms with Crippen LogP contribution in [0, 0.1) is 0 Å². The van der Waals surface area contributed by atoms with Crippen LogP contribution in [0.1, 0.15) is 18.9 Å². The van der Waals surface area contributed by atoms with Gasteiger partial charge >= 0.3 is 0 Å². The Morgan fingerprint density at radius 2 is 1.95 bits per heavy atom. The van der Waals surface area contributed by atoms with Gasteiger partial charge in [0.2, 0.25) is 6.79 Å². The van der Waals surface area contributed by atoms with Crippen LogP contribution in [0.2, 0.25) is 0 Å². The van der Waals surface area contributed by atoms with E-state index in [2.05, 4.69) is 18.3 Å². The van der Waals surface area contributed by atoms with Crippen molar-refractivity contribution in [2.24, 2.45) is 0 Å². The summed E-state index contributed by atoms with van der Waals surface area (Å²) in [5, 5.41) is 3.39. The maximum atomic E-state index is 5.76. The van der Waals surface area contributed by atoms with Gasteiger partial charge in [0.25, 0.3) is 0 Å². The third kappa shape index (κ3) is 3.21. The van der Waals surface area contributed by atoms with E-state index in [4.69, 9.17) is 14.2 Å². The molecule has 4 heteroatoms. The van der Waals surface area contributed by atoms with Crippen LogP contribution >= 0.6 is 0 Å². The molecule has 0 amide bonds. The smallest absolute Gasteiger partial charge is 0.231 e. The van der Waals surface area contributed by atoms with E-state index in [9.17, 15) is 0 Å². The molecule has 0 bridgehead atoms. The van der Waals surface area contributed by atoms with Crippen molar-refractivity contribution in [1.82, 2.24) is 0 Å². The molecule has 110 valence electrons. The highest BCUT2D eigenvalue weighted by Gasteiger charge is 2.13. The average Bonchev–Trinajstić information content (AvgIpc) is 2.99. The van der Waals surface area contributed by atoms with Crippen molar-refractivity contribution in [2.45, 2.75) is 19.9 Å². The fraction of sp³-hybridized carbons (Fsp3) is 0.294. The number of fused-ring (bicyclic) bond motifs is 1. The number of hydrogen-bond acceptors (Lipinski definition) is 4. The normalized spacial score (nSPS) is 12.2. The van der Waals surface area contributed by atoms with Crippen molar-refractivity contribution in [1.29, 1.82) is 0 Å². The van der Waals surface area contributed by atoms with Gasteiger partial charge in [0.1, 0.15) is 5.75 Å². The molecule has 0 aromatic heterocycles. The lowest BCUT2D eigenvalue weighted by Crippen LogP contribution is -2.04. The summed E-state index contributed by atoms with van der Waals surface area (Å²) >= 11 is 0. The van der Waals surface area contributed by atoms with Crippen LogP contribution in [0.15, 0.2) is 42.5 Å². The Morgan fingerprint density at radius 3 is 2.86 bits per heavy atom. The number of rotatable bonds is 6. The van der Waals surface area contributed by atoms with E-state index in [0.717, 1.165) is 41.5 Å². The molecule has 1 heterocycles. The molecule has 0 spiro atoms. The first kappa shape index (κ1) is 13.6. The van der Waals surface area contributed by atoms with Gasteiger partial charge in [0.05, 0.1) is 6.61 Å². The van der Waals surface area contributed by atoms with Gasteiger partial charge in [0.15, 0.2) is 11.5 Å². The van der Waals surface area contributed by atoms with E-state index >= 15 is 0 Å². The molecule has 0 unspecified atom stereocenters. The molecule has 4 nitrogen and oxygen atoms in total. The SMILES string of the molecule is CCCOc1ccccc1CNc1ccc2c(c1)OCO2. The van der Waals surface area contributed by atoms with Gasteiger partial charge in [-0.25, -0.2) is 0 Å². The fourth-order valence-corrected chi connectivity index (χ4v) is 2.21. The fourth-order valence-electron chi connectivity index (χ4n) is 2.21. The van der Waals surface area contributed by atoms with Crippen LogP contribution in [0.4, 0.5) is 5.69 Å². The minimum atomic E-state index is 0.298. The zero-order valence-corrected chi connectivity index (χ0v) is 12.1. The van der Waals surface area contributed by atoms with E-state index in [0.29, 0.717) is 13.3 Å². The van der Waals surface area contributed by atoms with Crippen LogP contribution in [-0.4, -0.2) is 13.4 Å². The van der Waals surface area contributed by atoms with Gasteiger partial charge in [-0.15, -0.1) is 0 Å². The van der Waals surface area contributed by atoms with Crippen LogP contribution in [0.5, 0.6) is 17.2 Å². The summed E-state index contributed by atoms with van der Waals surface area (Å²) in [6, 6.07) is 14.0. The van der Waals surface area contributed by atoms with Crippen molar-refractivity contribution < 1.29 is 14.2 Å². The van der Waals surface area contributed by atoms with Crippen LogP contribution in [-0.2, 0) is 6.54 Å². The molecule has 0 fully saturated rings. The first-order chi connectivity index (χ1) is 10.4. The molecule has 2 aromatic carbocycles. The largest absolute Gasteiger partial charge is 0.493 e. The van der Waals surface area contributed by atoms with Crippen molar-refractivity contribution in [3.8, 4) is 17.2 Å². The van der Waals surface area contributed by atoms with Gasteiger partial charge in [-0.05, 0) is 24.6 Å². The van der Waals surface area contributed by atoms with Crippen molar-refractivity contribution in [3.05, 3.63) is 48.0 Å². The molecular formula is C17H19NO3. The Bertz CT molecular complexity index is 613. The van der Waals surface area contributed by atoms with Gasteiger partial charge in [0, 0.05) is 23.9 Å². The van der Waals surface area contributed by atoms with Gasteiger partial charge in [-0.1, -0.05) is 25.1 Å². The standard InChI is InChI=1S/C17H19NO3/c1-2-9-19-15-6-4-3-5-13(15)11-18-14-7-8-16-17(10-14)21-12-20-16/h3-8,10,18H,2,9,11-12H2,1H3. The van der Waals surface area contributed by atoms with Crippen molar-refractivity contribution >= 4 is 5.69 Å². The molecule has 1 N–H and O–H groups in total. The van der Waals surface area contributed by atoms with Crippen molar-refractivity contribution in [2.75, 3.05) is 18.7 Å². The number of benzene rings is 2. The molecule has 0 radical (unpaired) electrons. The first-order valence-electron chi connectivity index (χ1n) is 7.21. The van der Waals surface area contributed by atoms with E-state index in [1.165, 1.54) is 0 Å². The number of hydrogen-bond donors (Lipinski definition) is 1. The maximum Gasteiger partial charge on any atom is 0.231 e. The predicted octanol–water partition coefficient (Wildman–Crippen LogP) is 3.82. The molecule has 1 aliphatic rings. The highest BCUT2D eigenvalue weighted by atomic mass is 16.7. The topological polar surface area (TPSA) is 39.7 Å². The van der Waals surface area contributed by atoms with Crippen LogP contribution in [0.3, 0.4) is 0 Å². The van der Waals surface area contributed by atoms with E-state index < -0.39 is 0 Å². The summed E-state index contributed by atoms with van der Waals surface area (Å²) in [6.45, 7) is 3.85. The highest BCUT2D eigenvalue weighted by Crippen LogP contribution is 2.34. The molecule has 0 aliphatic carbocycles. The zero-order chi connectivity index (χ0) is 14.5. The third-order valence-corrected chi connectivity index (χ3v) is 3.29. The number of ether oxygens (including phenoxy) is 3. The summed E-state index contributed by atoms with van der Waals surface area (Å²) in [4.78, 5) is 0. The minimum Gasteiger partial charge on any atom is -0.493 e. The lowest BCUT2D eigenvalue weighted by atomic mass is 10.2. The molecular weight excluding hydrogens is 266 g/mol. The van der Waals surface area contributed by atoms with Crippen LogP contribution in [0.25, 0.3) is 0 Å². The molecule has 0 atom stereocenters. The molecule has 3 rings (SSSR count). The summed E-state index contributed by atoms with van der Waals surface area (Å²) in [7, 11) is 0. The first-order valence-corrected chi connectivity index (χ1v) is 7.21. The Morgan fingerprint density at radius 1 is 1.10 bits per heavy atom. The lowest BCUT2D eigenvalue weighted by molar-refractivity contribution is 0.174. The molecule has 21 heavy (non-hydrogen) atoms. The molecule has 0 saturated heterocycles. The summed E-state index contributed by atoms with van der Waals surface area (Å²) < 4.78 is 16.5. The maximum absolute atomic E-state index is 5.76. The average molecular weight is 285 g/mol. The second-order valence-corrected chi connectivity index (χ2v) is 4.88. The Kier molecular flexibility index (Phi) is 4.15. The van der Waals surface area contributed by atoms with E-state index in [1.807, 2.05) is 36.4 Å². The molecule has 2 aromatic rings. The Labute approximate surface area is 124 Å². The number of nitrogens with one attached hydrogen (secondary N) is 1. The lowest BCUT2D eigenvalue weighted by Gasteiger charge is -2.12. The van der Waals surface area contributed by atoms with Gasteiger partial charge < -0.3 is 19.5 Å². The van der Waals surface area contributed by atoms with E-state index in [-0.39, 0.29) is 0 Å². The monoisotopic (exact) mass is 285 g/mol. The molecule has 0 saturated carbocycles. The van der Waals surface area contributed by atoms with E-state index in [1.54, 1.807) is 0 Å². The van der Waals surface area contributed by atoms with Gasteiger partial charge in [-0.2, -0.15) is 0 Å². The minimum absolute atomic E-state index is 0.298. The number of para-hydroxylation sites is 1. The van der Waals surface area contributed by atoms with Crippen LogP contribution < -0.4 is 19.5 Å². The second-order valence-electron chi connectivity index (χ2n) is 4.88. The predicted molar refractivity (Wildman–Crippen MR) is 82.1 cm³/mol. The summed E-state index contributed by atoms with van der Waals surface area (Å²) in [6.07, 6.45) is 1.00. The number of anilines is 1. The summed E-state index contributed by atoms with van der Waals surface area (Å²) in [5.74, 6) is 2.52.